The largest absolute Gasteiger partial charge is 0.469 e. The number of nitrogens with zero attached hydrogens (tertiary/aromatic N) is 3. The molecule has 0 spiro atoms. The standard InChI is InChI=1S/C18H17N3O2/c1-13-3-9-16(10-4-13)21-12-19-18(20-21)15-7-5-14(6-8-15)11-17(22)23-2/h3-10,12H,11H2,1-2H3. The summed E-state index contributed by atoms with van der Waals surface area (Å²) in [6, 6.07) is 15.7. The van der Waals surface area contributed by atoms with Crippen LogP contribution in [0.5, 0.6) is 0 Å². The molecule has 0 saturated heterocycles. The van der Waals surface area contributed by atoms with Gasteiger partial charge in [-0.25, -0.2) is 9.67 Å². The topological polar surface area (TPSA) is 57.0 Å². The van der Waals surface area contributed by atoms with Gasteiger partial charge in [-0.3, -0.25) is 4.79 Å². The normalized spacial score (nSPS) is 10.5. The molecule has 0 aliphatic heterocycles. The monoisotopic (exact) mass is 307 g/mol. The Hall–Kier alpha value is -2.95. The Morgan fingerprint density at radius 2 is 1.78 bits per heavy atom. The molecular weight excluding hydrogens is 290 g/mol. The molecule has 1 heterocycles. The van der Waals surface area contributed by atoms with Gasteiger partial charge < -0.3 is 4.74 Å². The van der Waals surface area contributed by atoms with Crippen LogP contribution in [0.15, 0.2) is 54.9 Å². The minimum Gasteiger partial charge on any atom is -0.469 e. The molecule has 0 saturated carbocycles. The van der Waals surface area contributed by atoms with Crippen LogP contribution in [0.1, 0.15) is 11.1 Å². The molecule has 0 N–H and O–H groups in total. The van der Waals surface area contributed by atoms with Gasteiger partial charge in [0.1, 0.15) is 6.33 Å². The Bertz CT molecular complexity index is 805. The maximum absolute atomic E-state index is 11.3. The second kappa shape index (κ2) is 6.44. The van der Waals surface area contributed by atoms with Gasteiger partial charge in [-0.15, -0.1) is 5.10 Å². The van der Waals surface area contributed by atoms with Crippen molar-refractivity contribution in [3.63, 3.8) is 0 Å². The van der Waals surface area contributed by atoms with Crippen molar-refractivity contribution in [2.45, 2.75) is 13.3 Å². The van der Waals surface area contributed by atoms with Crippen molar-refractivity contribution in [2.75, 3.05) is 7.11 Å². The number of aryl methyl sites for hydroxylation is 1. The minimum atomic E-state index is -0.250. The predicted octanol–water partition coefficient (Wildman–Crippen LogP) is 2.96. The zero-order chi connectivity index (χ0) is 16.2. The number of hydrogen-bond donors (Lipinski definition) is 0. The maximum Gasteiger partial charge on any atom is 0.309 e. The quantitative estimate of drug-likeness (QED) is 0.695. The van der Waals surface area contributed by atoms with Crippen molar-refractivity contribution in [2.24, 2.45) is 0 Å². The van der Waals surface area contributed by atoms with E-state index in [0.29, 0.717) is 5.82 Å². The van der Waals surface area contributed by atoms with Gasteiger partial charge >= 0.3 is 5.97 Å². The highest BCUT2D eigenvalue weighted by atomic mass is 16.5. The van der Waals surface area contributed by atoms with Gasteiger partial charge in [0.2, 0.25) is 0 Å². The molecule has 1 aromatic heterocycles. The van der Waals surface area contributed by atoms with Crippen molar-refractivity contribution in [1.82, 2.24) is 14.8 Å². The molecule has 0 atom stereocenters. The van der Waals surface area contributed by atoms with Crippen molar-refractivity contribution >= 4 is 5.97 Å². The van der Waals surface area contributed by atoms with E-state index < -0.39 is 0 Å². The van der Waals surface area contributed by atoms with Crippen molar-refractivity contribution in [1.29, 1.82) is 0 Å². The third-order valence-electron chi connectivity index (χ3n) is 3.58. The molecule has 0 aliphatic rings. The molecule has 0 fully saturated rings. The van der Waals surface area contributed by atoms with Crippen LogP contribution in [0.4, 0.5) is 0 Å². The zero-order valence-electron chi connectivity index (χ0n) is 13.1. The first-order chi connectivity index (χ1) is 11.2. The van der Waals surface area contributed by atoms with Gasteiger partial charge in [0, 0.05) is 5.56 Å². The van der Waals surface area contributed by atoms with Gasteiger partial charge in [-0.2, -0.15) is 0 Å². The summed E-state index contributed by atoms with van der Waals surface area (Å²) in [4.78, 5) is 15.6. The zero-order valence-corrected chi connectivity index (χ0v) is 13.1. The molecule has 0 unspecified atom stereocenters. The summed E-state index contributed by atoms with van der Waals surface area (Å²) in [5, 5.41) is 4.50. The van der Waals surface area contributed by atoms with Crippen LogP contribution in [0.3, 0.4) is 0 Å². The van der Waals surface area contributed by atoms with Gasteiger partial charge in [-0.1, -0.05) is 42.0 Å². The Balaban J connectivity index is 1.80. The number of carbonyl (C=O) groups is 1. The van der Waals surface area contributed by atoms with Crippen molar-refractivity contribution in [3.8, 4) is 17.1 Å². The Morgan fingerprint density at radius 3 is 2.43 bits per heavy atom. The average Bonchev–Trinajstić information content (AvgIpc) is 3.06. The van der Waals surface area contributed by atoms with E-state index >= 15 is 0 Å². The molecule has 5 heteroatoms. The lowest BCUT2D eigenvalue weighted by Gasteiger charge is -2.02. The Kier molecular flexibility index (Phi) is 4.19. The molecule has 5 nitrogen and oxygen atoms in total. The highest BCUT2D eigenvalue weighted by Crippen LogP contribution is 2.17. The summed E-state index contributed by atoms with van der Waals surface area (Å²) in [5.41, 5.74) is 3.98. The fourth-order valence-electron chi connectivity index (χ4n) is 2.23. The Morgan fingerprint density at radius 1 is 1.09 bits per heavy atom. The third-order valence-corrected chi connectivity index (χ3v) is 3.58. The fraction of sp³-hybridized carbons (Fsp3) is 0.167. The van der Waals surface area contributed by atoms with Crippen LogP contribution in [0.2, 0.25) is 0 Å². The molecule has 0 amide bonds. The van der Waals surface area contributed by atoms with Gasteiger partial charge in [0.15, 0.2) is 5.82 Å². The van der Waals surface area contributed by atoms with Crippen molar-refractivity contribution < 1.29 is 9.53 Å². The first-order valence-corrected chi connectivity index (χ1v) is 7.30. The number of carbonyl (C=O) groups excluding carboxylic acids is 1. The second-order valence-corrected chi connectivity index (χ2v) is 5.30. The lowest BCUT2D eigenvalue weighted by molar-refractivity contribution is -0.139. The molecule has 116 valence electrons. The predicted molar refractivity (Wildman–Crippen MR) is 87.3 cm³/mol. The van der Waals surface area contributed by atoms with E-state index in [-0.39, 0.29) is 12.4 Å². The number of hydrogen-bond acceptors (Lipinski definition) is 4. The first-order valence-electron chi connectivity index (χ1n) is 7.30. The number of methoxy groups -OCH3 is 1. The SMILES string of the molecule is COC(=O)Cc1ccc(-c2ncn(-c3ccc(C)cc3)n2)cc1. The van der Waals surface area contributed by atoms with Crippen LogP contribution in [0, 0.1) is 6.92 Å². The molecule has 0 aliphatic carbocycles. The molecule has 23 heavy (non-hydrogen) atoms. The van der Waals surface area contributed by atoms with E-state index in [1.54, 1.807) is 11.0 Å². The molecule has 0 bridgehead atoms. The Labute approximate surface area is 134 Å². The number of rotatable bonds is 4. The van der Waals surface area contributed by atoms with Gasteiger partial charge in [-0.05, 0) is 24.6 Å². The first kappa shape index (κ1) is 15.0. The summed E-state index contributed by atoms with van der Waals surface area (Å²) in [6.45, 7) is 2.05. The molecule has 3 aromatic rings. The van der Waals surface area contributed by atoms with Crippen molar-refractivity contribution in [3.05, 3.63) is 66.0 Å². The number of ether oxygens (including phenoxy) is 1. The van der Waals surface area contributed by atoms with E-state index in [4.69, 9.17) is 0 Å². The van der Waals surface area contributed by atoms with Crippen LogP contribution < -0.4 is 0 Å². The number of benzene rings is 2. The summed E-state index contributed by atoms with van der Waals surface area (Å²) < 4.78 is 6.41. The van der Waals surface area contributed by atoms with Gasteiger partial charge in [0.25, 0.3) is 0 Å². The minimum absolute atomic E-state index is 0.250. The lowest BCUT2D eigenvalue weighted by Crippen LogP contribution is -2.04. The number of esters is 1. The maximum atomic E-state index is 11.3. The van der Waals surface area contributed by atoms with E-state index in [0.717, 1.165) is 16.8 Å². The van der Waals surface area contributed by atoms with Crippen LogP contribution in [-0.2, 0) is 16.0 Å². The fourth-order valence-corrected chi connectivity index (χ4v) is 2.23. The molecular formula is C18H17N3O2. The highest BCUT2D eigenvalue weighted by molar-refractivity contribution is 5.72. The van der Waals surface area contributed by atoms with E-state index in [2.05, 4.69) is 14.8 Å². The lowest BCUT2D eigenvalue weighted by atomic mass is 10.1. The van der Waals surface area contributed by atoms with Crippen LogP contribution in [0.25, 0.3) is 17.1 Å². The smallest absolute Gasteiger partial charge is 0.309 e. The summed E-state index contributed by atoms with van der Waals surface area (Å²) >= 11 is 0. The third kappa shape index (κ3) is 3.45. The van der Waals surface area contributed by atoms with Crippen LogP contribution in [-0.4, -0.2) is 27.8 Å². The summed E-state index contributed by atoms with van der Waals surface area (Å²) in [5.74, 6) is 0.398. The van der Waals surface area contributed by atoms with E-state index in [9.17, 15) is 4.79 Å². The summed E-state index contributed by atoms with van der Waals surface area (Å²) in [7, 11) is 1.39. The molecule has 3 rings (SSSR count). The van der Waals surface area contributed by atoms with Gasteiger partial charge in [0.05, 0.1) is 19.2 Å². The molecule has 2 aromatic carbocycles. The average molecular weight is 307 g/mol. The van der Waals surface area contributed by atoms with Crippen LogP contribution >= 0.6 is 0 Å². The second-order valence-electron chi connectivity index (χ2n) is 5.30. The molecule has 0 radical (unpaired) electrons. The van der Waals surface area contributed by atoms with E-state index in [1.165, 1.54) is 12.7 Å². The number of aromatic nitrogens is 3. The summed E-state index contributed by atoms with van der Waals surface area (Å²) in [6.07, 6.45) is 1.96. The highest BCUT2D eigenvalue weighted by Gasteiger charge is 2.07. The van der Waals surface area contributed by atoms with E-state index in [1.807, 2.05) is 55.5 Å².